The minimum absolute atomic E-state index is 0.260. The first kappa shape index (κ1) is 17.8. The fourth-order valence-electron chi connectivity index (χ4n) is 2.62. The third kappa shape index (κ3) is 3.98. The van der Waals surface area contributed by atoms with Crippen LogP contribution < -0.4 is 10.2 Å². The first-order chi connectivity index (χ1) is 12.6. The van der Waals surface area contributed by atoms with E-state index in [9.17, 15) is 13.6 Å². The number of rotatable bonds is 4. The van der Waals surface area contributed by atoms with Crippen LogP contribution in [0.3, 0.4) is 0 Å². The van der Waals surface area contributed by atoms with Crippen LogP contribution in [0.1, 0.15) is 6.92 Å². The highest BCUT2D eigenvalue weighted by Crippen LogP contribution is 2.23. The van der Waals surface area contributed by atoms with Gasteiger partial charge in [-0.25, -0.2) is 18.6 Å². The average Bonchev–Trinajstić information content (AvgIpc) is 2.65. The lowest BCUT2D eigenvalue weighted by molar-refractivity contribution is 0.105. The van der Waals surface area contributed by atoms with E-state index >= 15 is 0 Å². The normalized spacial score (nSPS) is 14.3. The monoisotopic (exact) mass is 363 g/mol. The van der Waals surface area contributed by atoms with Crippen molar-refractivity contribution in [2.75, 3.05) is 43.0 Å². The standard InChI is InChI=1S/C17H19F2N5O2/c1-2-26-17(25)24-10-8-23(9-11-24)16-20-7-6-14(22-16)21-15-12(18)4-3-5-13(15)19/h3-7H,2,8-11H2,1H3,(H,20,21,22). The van der Waals surface area contributed by atoms with Crippen molar-refractivity contribution in [3.8, 4) is 0 Å². The molecule has 26 heavy (non-hydrogen) atoms. The third-order valence-corrected chi connectivity index (χ3v) is 3.95. The second-order valence-corrected chi connectivity index (χ2v) is 5.64. The molecule has 0 atom stereocenters. The minimum atomic E-state index is -0.701. The number of aromatic nitrogens is 2. The zero-order valence-electron chi connectivity index (χ0n) is 14.3. The molecule has 138 valence electrons. The van der Waals surface area contributed by atoms with Crippen LogP contribution in [-0.4, -0.2) is 53.7 Å². The van der Waals surface area contributed by atoms with Gasteiger partial charge in [0.05, 0.1) is 6.61 Å². The maximum atomic E-state index is 13.8. The van der Waals surface area contributed by atoms with Gasteiger partial charge in [-0.1, -0.05) is 6.07 Å². The molecule has 1 fully saturated rings. The predicted molar refractivity (Wildman–Crippen MR) is 92.5 cm³/mol. The van der Waals surface area contributed by atoms with E-state index in [0.717, 1.165) is 0 Å². The third-order valence-electron chi connectivity index (χ3n) is 3.95. The van der Waals surface area contributed by atoms with E-state index in [1.54, 1.807) is 11.8 Å². The number of para-hydroxylation sites is 1. The van der Waals surface area contributed by atoms with Crippen LogP contribution in [0, 0.1) is 11.6 Å². The molecule has 7 nitrogen and oxygen atoms in total. The molecule has 1 aromatic heterocycles. The number of ether oxygens (including phenoxy) is 1. The molecule has 0 spiro atoms. The van der Waals surface area contributed by atoms with Crippen molar-refractivity contribution in [2.24, 2.45) is 0 Å². The van der Waals surface area contributed by atoms with Crippen molar-refractivity contribution >= 4 is 23.5 Å². The zero-order chi connectivity index (χ0) is 18.5. The lowest BCUT2D eigenvalue weighted by atomic mass is 10.3. The summed E-state index contributed by atoms with van der Waals surface area (Å²) >= 11 is 0. The smallest absolute Gasteiger partial charge is 0.409 e. The van der Waals surface area contributed by atoms with Gasteiger partial charge in [0.15, 0.2) is 0 Å². The highest BCUT2D eigenvalue weighted by molar-refractivity contribution is 5.68. The summed E-state index contributed by atoms with van der Waals surface area (Å²) in [7, 11) is 0. The first-order valence-corrected chi connectivity index (χ1v) is 8.29. The fourth-order valence-corrected chi connectivity index (χ4v) is 2.62. The number of carbonyl (C=O) groups excluding carboxylic acids is 1. The van der Waals surface area contributed by atoms with Crippen LogP contribution in [0.5, 0.6) is 0 Å². The quantitative estimate of drug-likeness (QED) is 0.901. The molecule has 0 unspecified atom stereocenters. The van der Waals surface area contributed by atoms with Crippen molar-refractivity contribution < 1.29 is 18.3 Å². The van der Waals surface area contributed by atoms with E-state index in [4.69, 9.17) is 4.74 Å². The molecule has 0 saturated carbocycles. The van der Waals surface area contributed by atoms with E-state index in [-0.39, 0.29) is 17.6 Å². The van der Waals surface area contributed by atoms with Crippen molar-refractivity contribution in [3.63, 3.8) is 0 Å². The Hall–Kier alpha value is -2.97. The van der Waals surface area contributed by atoms with Gasteiger partial charge in [-0.3, -0.25) is 0 Å². The summed E-state index contributed by atoms with van der Waals surface area (Å²) in [6.07, 6.45) is 1.18. The number of carbonyl (C=O) groups is 1. The van der Waals surface area contributed by atoms with E-state index in [1.807, 2.05) is 4.90 Å². The number of amides is 1. The molecule has 0 aliphatic carbocycles. The van der Waals surface area contributed by atoms with E-state index in [0.29, 0.717) is 38.7 Å². The number of nitrogens with one attached hydrogen (secondary N) is 1. The Morgan fingerprint density at radius 1 is 1.19 bits per heavy atom. The molecule has 3 rings (SSSR count). The molecule has 1 aromatic carbocycles. The predicted octanol–water partition coefficient (Wildman–Crippen LogP) is 2.78. The van der Waals surface area contributed by atoms with Gasteiger partial charge in [-0.2, -0.15) is 4.98 Å². The van der Waals surface area contributed by atoms with Crippen molar-refractivity contribution in [1.29, 1.82) is 0 Å². The Labute approximate surface area is 149 Å². The summed E-state index contributed by atoms with van der Waals surface area (Å²) in [6, 6.07) is 5.17. The highest BCUT2D eigenvalue weighted by Gasteiger charge is 2.23. The van der Waals surface area contributed by atoms with Crippen molar-refractivity contribution in [3.05, 3.63) is 42.1 Å². The summed E-state index contributed by atoms with van der Waals surface area (Å²) in [5, 5.41) is 2.65. The Morgan fingerprint density at radius 3 is 2.54 bits per heavy atom. The van der Waals surface area contributed by atoms with Crippen LogP contribution >= 0.6 is 0 Å². The Balaban J connectivity index is 1.68. The molecule has 0 bridgehead atoms. The number of hydrogen-bond donors (Lipinski definition) is 1. The summed E-state index contributed by atoms with van der Waals surface area (Å²) in [4.78, 5) is 23.8. The van der Waals surface area contributed by atoms with Crippen LogP contribution in [0.15, 0.2) is 30.5 Å². The molecule has 1 aliphatic rings. The molecule has 2 heterocycles. The number of halogens is 2. The number of benzene rings is 1. The Bertz CT molecular complexity index is 761. The van der Waals surface area contributed by atoms with Crippen molar-refractivity contribution in [1.82, 2.24) is 14.9 Å². The SMILES string of the molecule is CCOC(=O)N1CCN(c2nccc(Nc3c(F)cccc3F)n2)CC1. The second-order valence-electron chi connectivity index (χ2n) is 5.64. The summed E-state index contributed by atoms with van der Waals surface area (Å²) < 4.78 is 32.5. The molecular weight excluding hydrogens is 344 g/mol. The van der Waals surface area contributed by atoms with Gasteiger partial charge in [-0.15, -0.1) is 0 Å². The summed E-state index contributed by atoms with van der Waals surface area (Å²) in [5.74, 6) is -0.691. The van der Waals surface area contributed by atoms with Gasteiger partial charge < -0.3 is 19.9 Å². The molecule has 1 N–H and O–H groups in total. The van der Waals surface area contributed by atoms with Gasteiger partial charge in [0.25, 0.3) is 0 Å². The van der Waals surface area contributed by atoms with Gasteiger partial charge >= 0.3 is 6.09 Å². The lowest BCUT2D eigenvalue weighted by Crippen LogP contribution is -2.49. The molecule has 2 aromatic rings. The van der Waals surface area contributed by atoms with Gasteiger partial charge in [0.2, 0.25) is 5.95 Å². The maximum Gasteiger partial charge on any atom is 0.409 e. The maximum absolute atomic E-state index is 13.8. The Morgan fingerprint density at radius 2 is 1.88 bits per heavy atom. The van der Waals surface area contributed by atoms with Crippen LogP contribution in [-0.2, 0) is 4.74 Å². The van der Waals surface area contributed by atoms with Gasteiger partial charge in [0.1, 0.15) is 23.1 Å². The summed E-state index contributed by atoms with van der Waals surface area (Å²) in [5.41, 5.74) is -0.260. The highest BCUT2D eigenvalue weighted by atomic mass is 19.1. The Kier molecular flexibility index (Phi) is 5.45. The average molecular weight is 363 g/mol. The van der Waals surface area contributed by atoms with E-state index < -0.39 is 11.6 Å². The minimum Gasteiger partial charge on any atom is -0.450 e. The van der Waals surface area contributed by atoms with Crippen molar-refractivity contribution in [2.45, 2.75) is 6.92 Å². The molecular formula is C17H19F2N5O2. The number of piperazine rings is 1. The van der Waals surface area contributed by atoms with Crippen LogP contribution in [0.4, 0.5) is 31.0 Å². The molecule has 1 amide bonds. The number of hydrogen-bond acceptors (Lipinski definition) is 6. The first-order valence-electron chi connectivity index (χ1n) is 8.29. The molecule has 0 radical (unpaired) electrons. The second kappa shape index (κ2) is 7.94. The largest absolute Gasteiger partial charge is 0.450 e. The lowest BCUT2D eigenvalue weighted by Gasteiger charge is -2.34. The van der Waals surface area contributed by atoms with Crippen LogP contribution in [0.2, 0.25) is 0 Å². The van der Waals surface area contributed by atoms with Gasteiger partial charge in [0, 0.05) is 32.4 Å². The number of nitrogens with zero attached hydrogens (tertiary/aromatic N) is 4. The summed E-state index contributed by atoms with van der Waals surface area (Å²) in [6.45, 7) is 4.15. The topological polar surface area (TPSA) is 70.6 Å². The fraction of sp³-hybridized carbons (Fsp3) is 0.353. The van der Waals surface area contributed by atoms with Gasteiger partial charge in [-0.05, 0) is 25.1 Å². The molecule has 9 heteroatoms. The number of anilines is 3. The van der Waals surface area contributed by atoms with E-state index in [2.05, 4.69) is 15.3 Å². The zero-order valence-corrected chi connectivity index (χ0v) is 14.3. The van der Waals surface area contributed by atoms with Crippen LogP contribution in [0.25, 0.3) is 0 Å². The molecule has 1 aliphatic heterocycles. The van der Waals surface area contributed by atoms with E-state index in [1.165, 1.54) is 30.5 Å². The molecule has 1 saturated heterocycles.